The first-order valence-electron chi connectivity index (χ1n) is 26.9. The molecule has 0 N–H and O–H groups in total. The van der Waals surface area contributed by atoms with Gasteiger partial charge in [-0.05, 0) is 103 Å². The molecule has 0 aliphatic heterocycles. The van der Waals surface area contributed by atoms with Crippen molar-refractivity contribution < 1.29 is 28.6 Å². The number of hydrogen-bond donors (Lipinski definition) is 0. The average Bonchev–Trinajstić information content (AvgIpc) is 3.31. The van der Waals surface area contributed by atoms with Crippen molar-refractivity contribution in [3.05, 3.63) is 109 Å². The molecular formula is C60H98O6. The highest BCUT2D eigenvalue weighted by atomic mass is 16.6. The lowest BCUT2D eigenvalue weighted by Gasteiger charge is -2.18. The maximum Gasteiger partial charge on any atom is 0.306 e. The van der Waals surface area contributed by atoms with Crippen molar-refractivity contribution in [3.8, 4) is 0 Å². The van der Waals surface area contributed by atoms with Gasteiger partial charge in [-0.1, -0.05) is 220 Å². The zero-order valence-corrected chi connectivity index (χ0v) is 42.7. The normalized spacial score (nSPS) is 13.0. The molecule has 6 heteroatoms. The second kappa shape index (κ2) is 53.7. The van der Waals surface area contributed by atoms with E-state index in [0.717, 1.165) is 116 Å². The Morgan fingerprint density at radius 2 is 0.667 bits per heavy atom. The van der Waals surface area contributed by atoms with Gasteiger partial charge in [0.2, 0.25) is 0 Å². The molecule has 66 heavy (non-hydrogen) atoms. The number of esters is 3. The number of carbonyl (C=O) groups is 3. The molecule has 0 fully saturated rings. The van der Waals surface area contributed by atoms with Crippen molar-refractivity contribution in [2.45, 2.75) is 239 Å². The van der Waals surface area contributed by atoms with Crippen molar-refractivity contribution in [1.82, 2.24) is 0 Å². The highest BCUT2D eigenvalue weighted by Gasteiger charge is 2.19. The molecule has 1 unspecified atom stereocenters. The van der Waals surface area contributed by atoms with E-state index >= 15 is 0 Å². The summed E-state index contributed by atoms with van der Waals surface area (Å²) in [5, 5.41) is 0. The molecule has 0 aromatic heterocycles. The summed E-state index contributed by atoms with van der Waals surface area (Å²) >= 11 is 0. The fourth-order valence-corrected chi connectivity index (χ4v) is 7.08. The first kappa shape index (κ1) is 62.1. The van der Waals surface area contributed by atoms with E-state index in [1.165, 1.54) is 77.0 Å². The molecule has 0 heterocycles. The molecule has 1 atom stereocenters. The number of unbranched alkanes of at least 4 members (excludes halogenated alkanes) is 21. The fourth-order valence-electron chi connectivity index (χ4n) is 7.08. The van der Waals surface area contributed by atoms with Crippen LogP contribution >= 0.6 is 0 Å². The van der Waals surface area contributed by atoms with Crippen molar-refractivity contribution in [2.75, 3.05) is 13.2 Å². The predicted octanol–water partition coefficient (Wildman–Crippen LogP) is 17.9. The summed E-state index contributed by atoms with van der Waals surface area (Å²) < 4.78 is 16.8. The van der Waals surface area contributed by atoms with Gasteiger partial charge < -0.3 is 14.2 Å². The van der Waals surface area contributed by atoms with Crippen LogP contribution < -0.4 is 0 Å². The number of ether oxygens (including phenoxy) is 3. The summed E-state index contributed by atoms with van der Waals surface area (Å²) in [5.41, 5.74) is 0. The van der Waals surface area contributed by atoms with Crippen LogP contribution in [-0.2, 0) is 28.6 Å². The molecule has 0 saturated carbocycles. The van der Waals surface area contributed by atoms with Crippen LogP contribution in [0.4, 0.5) is 0 Å². The molecule has 0 bridgehead atoms. The number of allylic oxidation sites excluding steroid dienone is 18. The minimum Gasteiger partial charge on any atom is -0.462 e. The Morgan fingerprint density at radius 3 is 1.14 bits per heavy atom. The maximum absolute atomic E-state index is 12.8. The molecule has 0 aliphatic rings. The van der Waals surface area contributed by atoms with E-state index in [1.54, 1.807) is 0 Å². The fraction of sp³-hybridized carbons (Fsp3) is 0.650. The SMILES string of the molecule is CC\C=C/C=C\C=C/C=C\CCCCCCCC(=O)OCC(COC(=O)CCCCCCCCC/C=C\CCCCCCCC)OC(=O)CCCCC/C=C\C/C=C\C/C=C\C/C=C\CC. The second-order valence-corrected chi connectivity index (χ2v) is 17.5. The highest BCUT2D eigenvalue weighted by molar-refractivity contribution is 5.71. The molecule has 0 aliphatic carbocycles. The maximum atomic E-state index is 12.8. The lowest BCUT2D eigenvalue weighted by atomic mass is 10.1. The van der Waals surface area contributed by atoms with E-state index in [4.69, 9.17) is 14.2 Å². The molecule has 0 saturated heterocycles. The number of hydrogen-bond acceptors (Lipinski definition) is 6. The van der Waals surface area contributed by atoms with Gasteiger partial charge in [-0.2, -0.15) is 0 Å². The van der Waals surface area contributed by atoms with Gasteiger partial charge in [0, 0.05) is 19.3 Å². The summed E-state index contributed by atoms with van der Waals surface area (Å²) in [6, 6.07) is 0. The summed E-state index contributed by atoms with van der Waals surface area (Å²) in [6.45, 7) is 6.33. The number of carbonyl (C=O) groups excluding carboxylic acids is 3. The van der Waals surface area contributed by atoms with E-state index in [1.807, 2.05) is 18.2 Å². The molecule has 0 aromatic rings. The van der Waals surface area contributed by atoms with E-state index in [2.05, 4.69) is 112 Å². The van der Waals surface area contributed by atoms with Gasteiger partial charge in [0.1, 0.15) is 13.2 Å². The van der Waals surface area contributed by atoms with E-state index < -0.39 is 6.10 Å². The lowest BCUT2D eigenvalue weighted by molar-refractivity contribution is -0.167. The first-order valence-corrected chi connectivity index (χ1v) is 26.9. The Labute approximate surface area is 406 Å². The summed E-state index contributed by atoms with van der Waals surface area (Å²) in [4.78, 5) is 38.1. The zero-order valence-electron chi connectivity index (χ0n) is 42.7. The van der Waals surface area contributed by atoms with Crippen LogP contribution in [0.25, 0.3) is 0 Å². The van der Waals surface area contributed by atoms with Crippen molar-refractivity contribution in [3.63, 3.8) is 0 Å². The minimum atomic E-state index is -0.808. The standard InChI is InChI=1S/C60H98O6/c1-4-7-10-13-16-19-22-25-28-30-33-35-38-41-44-47-50-53-59(62)65-56-57(55-64-58(61)52-49-46-43-40-37-34-31-27-24-21-18-15-12-9-6-3)66-60(63)54-51-48-45-42-39-36-32-29-26-23-20-17-14-11-8-5-2/h8-9,11-12,15,17-18,20-21,24-29,31,36,39,57H,4-7,10,13-14,16,19,22-23,30,32-35,37-38,40-56H2,1-3H3/b11-8-,12-9-,18-15-,20-17-,24-21-,28-25-,29-26-,31-27-,39-36-. The van der Waals surface area contributed by atoms with Crippen LogP contribution in [-0.4, -0.2) is 37.2 Å². The van der Waals surface area contributed by atoms with Gasteiger partial charge in [0.15, 0.2) is 6.10 Å². The van der Waals surface area contributed by atoms with Crippen LogP contribution in [0.15, 0.2) is 109 Å². The first-order chi connectivity index (χ1) is 32.5. The van der Waals surface area contributed by atoms with E-state index in [-0.39, 0.29) is 37.5 Å². The van der Waals surface area contributed by atoms with Gasteiger partial charge in [-0.25, -0.2) is 0 Å². The number of rotatable bonds is 47. The third-order valence-corrected chi connectivity index (χ3v) is 11.1. The summed E-state index contributed by atoms with van der Waals surface area (Å²) in [5.74, 6) is -0.965. The van der Waals surface area contributed by atoms with Gasteiger partial charge in [0.05, 0.1) is 0 Å². The molecule has 0 radical (unpaired) electrons. The molecule has 374 valence electrons. The molecular weight excluding hydrogens is 817 g/mol. The van der Waals surface area contributed by atoms with E-state index in [0.29, 0.717) is 12.8 Å². The van der Waals surface area contributed by atoms with Crippen molar-refractivity contribution in [2.24, 2.45) is 0 Å². The summed E-state index contributed by atoms with van der Waals surface area (Å²) in [7, 11) is 0. The van der Waals surface area contributed by atoms with Crippen molar-refractivity contribution in [1.29, 1.82) is 0 Å². The Bertz CT molecular complexity index is 1370. The zero-order chi connectivity index (χ0) is 47.9. The Morgan fingerprint density at radius 1 is 0.333 bits per heavy atom. The lowest BCUT2D eigenvalue weighted by Crippen LogP contribution is -2.30. The molecule has 0 rings (SSSR count). The summed E-state index contributed by atoms with van der Waals surface area (Å²) in [6.07, 6.45) is 72.1. The van der Waals surface area contributed by atoms with Gasteiger partial charge in [-0.15, -0.1) is 0 Å². The average molecular weight is 915 g/mol. The highest BCUT2D eigenvalue weighted by Crippen LogP contribution is 2.14. The predicted molar refractivity (Wildman–Crippen MR) is 283 cm³/mol. The monoisotopic (exact) mass is 915 g/mol. The molecule has 6 nitrogen and oxygen atoms in total. The van der Waals surface area contributed by atoms with Crippen LogP contribution in [0.2, 0.25) is 0 Å². The largest absolute Gasteiger partial charge is 0.462 e. The van der Waals surface area contributed by atoms with Gasteiger partial charge in [-0.3, -0.25) is 14.4 Å². The van der Waals surface area contributed by atoms with Gasteiger partial charge in [0.25, 0.3) is 0 Å². The second-order valence-electron chi connectivity index (χ2n) is 17.5. The third-order valence-electron chi connectivity index (χ3n) is 11.1. The minimum absolute atomic E-state index is 0.103. The molecule has 0 amide bonds. The Balaban J connectivity index is 4.50. The van der Waals surface area contributed by atoms with Crippen LogP contribution in [0.1, 0.15) is 233 Å². The molecule has 0 spiro atoms. The smallest absolute Gasteiger partial charge is 0.306 e. The van der Waals surface area contributed by atoms with Crippen LogP contribution in [0, 0.1) is 0 Å². The topological polar surface area (TPSA) is 78.9 Å². The van der Waals surface area contributed by atoms with Crippen molar-refractivity contribution >= 4 is 17.9 Å². The quantitative estimate of drug-likeness (QED) is 0.0199. The Kier molecular flexibility index (Phi) is 50.5. The van der Waals surface area contributed by atoms with Crippen LogP contribution in [0.3, 0.4) is 0 Å². The van der Waals surface area contributed by atoms with E-state index in [9.17, 15) is 14.4 Å². The molecule has 0 aromatic carbocycles. The van der Waals surface area contributed by atoms with Crippen LogP contribution in [0.5, 0.6) is 0 Å². The van der Waals surface area contributed by atoms with Gasteiger partial charge >= 0.3 is 17.9 Å². The Hall–Kier alpha value is -3.93. The third kappa shape index (κ3) is 51.1.